The minimum atomic E-state index is -5.05. The Bertz CT molecular complexity index is 1570. The van der Waals surface area contributed by atoms with Crippen LogP contribution in [0.5, 0.6) is 0 Å². The Balaban J connectivity index is 2.39. The molecule has 0 radical (unpaired) electrons. The summed E-state index contributed by atoms with van der Waals surface area (Å²) in [5.74, 6) is -0.508. The molecule has 6 atom stereocenters. The van der Waals surface area contributed by atoms with Crippen LogP contribution in [0, 0.1) is 0 Å². The summed E-state index contributed by atoms with van der Waals surface area (Å²) < 4.78 is 34.2. The zero-order chi connectivity index (χ0) is 51.2. The van der Waals surface area contributed by atoms with Crippen LogP contribution in [0.15, 0.2) is 109 Å². The van der Waals surface area contributed by atoms with Crippen LogP contribution in [0.4, 0.5) is 0 Å². The lowest BCUT2D eigenvalue weighted by molar-refractivity contribution is -0.220. The molecule has 13 heteroatoms. The molecular formula is C57H95O12P. The Kier molecular flexibility index (Phi) is 42.6. The van der Waals surface area contributed by atoms with E-state index in [0.29, 0.717) is 19.4 Å². The highest BCUT2D eigenvalue weighted by Crippen LogP contribution is 2.47. The molecule has 1 aliphatic carbocycles. The van der Waals surface area contributed by atoms with E-state index in [2.05, 4.69) is 123 Å². The van der Waals surface area contributed by atoms with Crippen LogP contribution in [0.25, 0.3) is 0 Å². The quantitative estimate of drug-likeness (QED) is 0.0147. The van der Waals surface area contributed by atoms with Gasteiger partial charge in [-0.15, -0.1) is 0 Å². The highest BCUT2D eigenvalue weighted by molar-refractivity contribution is 7.47. The van der Waals surface area contributed by atoms with Gasteiger partial charge >= 0.3 is 13.8 Å². The summed E-state index contributed by atoms with van der Waals surface area (Å²) in [4.78, 5) is 23.3. The number of hydrogen-bond donors (Lipinski definition) is 6. The first kappa shape index (κ1) is 65.0. The van der Waals surface area contributed by atoms with Gasteiger partial charge in [0.2, 0.25) is 0 Å². The van der Waals surface area contributed by atoms with Gasteiger partial charge in [0.15, 0.2) is 0 Å². The number of esters is 1. The smallest absolute Gasteiger partial charge is 0.457 e. The number of rotatable bonds is 44. The van der Waals surface area contributed by atoms with Gasteiger partial charge < -0.3 is 39.9 Å². The lowest BCUT2D eigenvalue weighted by Gasteiger charge is -2.41. The van der Waals surface area contributed by atoms with Crippen LogP contribution < -0.4 is 0 Å². The maximum atomic E-state index is 12.9. The van der Waals surface area contributed by atoms with Gasteiger partial charge in [-0.3, -0.25) is 13.8 Å². The van der Waals surface area contributed by atoms with Crippen molar-refractivity contribution in [3.63, 3.8) is 0 Å². The largest absolute Gasteiger partial charge is 0.472 e. The van der Waals surface area contributed by atoms with Crippen molar-refractivity contribution in [3.8, 4) is 0 Å². The summed E-state index contributed by atoms with van der Waals surface area (Å²) in [6.07, 6.45) is 53.0. The fourth-order valence-electron chi connectivity index (χ4n) is 7.44. The minimum absolute atomic E-state index is 0.127. The van der Waals surface area contributed by atoms with Crippen molar-refractivity contribution in [2.24, 2.45) is 0 Å². The fourth-order valence-corrected chi connectivity index (χ4v) is 8.41. The van der Waals surface area contributed by atoms with Crippen molar-refractivity contribution in [2.75, 3.05) is 19.8 Å². The highest BCUT2D eigenvalue weighted by atomic mass is 31.2. The second-order valence-electron chi connectivity index (χ2n) is 18.0. The number of phosphoric acid groups is 1. The number of aliphatic hydroxyl groups is 5. The number of carbonyl (C=O) groups is 1. The lowest BCUT2D eigenvalue weighted by atomic mass is 9.85. The first-order valence-electron chi connectivity index (χ1n) is 26.7. The third-order valence-corrected chi connectivity index (χ3v) is 12.6. The van der Waals surface area contributed by atoms with Crippen molar-refractivity contribution in [2.45, 2.75) is 224 Å². The number of unbranched alkanes of at least 4 members (excludes halogenated alkanes) is 14. The summed E-state index contributed by atoms with van der Waals surface area (Å²) in [5, 5.41) is 50.4. The van der Waals surface area contributed by atoms with Crippen LogP contribution >= 0.6 is 7.82 Å². The van der Waals surface area contributed by atoms with Crippen molar-refractivity contribution in [1.29, 1.82) is 0 Å². The van der Waals surface area contributed by atoms with Crippen molar-refractivity contribution in [1.82, 2.24) is 0 Å². The number of hydrogen-bond acceptors (Lipinski definition) is 11. The van der Waals surface area contributed by atoms with Crippen LogP contribution in [-0.2, 0) is 27.9 Å². The Hall–Kier alpha value is -3.00. The van der Waals surface area contributed by atoms with E-state index in [4.69, 9.17) is 18.5 Å². The molecule has 0 saturated heterocycles. The predicted octanol–water partition coefficient (Wildman–Crippen LogP) is 12.4. The van der Waals surface area contributed by atoms with Gasteiger partial charge in [-0.05, 0) is 96.3 Å². The van der Waals surface area contributed by atoms with E-state index < -0.39 is 63.1 Å². The molecule has 0 bridgehead atoms. The Morgan fingerprint density at radius 1 is 0.471 bits per heavy atom. The molecule has 1 rings (SSSR count). The molecule has 1 fully saturated rings. The topological polar surface area (TPSA) is 192 Å². The Morgan fingerprint density at radius 2 is 0.843 bits per heavy atom. The molecular weight excluding hydrogens is 908 g/mol. The summed E-state index contributed by atoms with van der Waals surface area (Å²) in [7, 11) is -5.05. The summed E-state index contributed by atoms with van der Waals surface area (Å²) in [5.41, 5.74) is 0. The minimum Gasteiger partial charge on any atom is -0.457 e. The molecule has 0 spiro atoms. The number of carbonyl (C=O) groups excluding carboxylic acids is 1. The van der Waals surface area contributed by atoms with E-state index in [1.807, 2.05) is 0 Å². The molecule has 0 aromatic carbocycles. The number of allylic oxidation sites excluding steroid dienone is 18. The average molecular weight is 1000 g/mol. The molecule has 0 aromatic heterocycles. The summed E-state index contributed by atoms with van der Waals surface area (Å²) >= 11 is 0. The van der Waals surface area contributed by atoms with Crippen LogP contribution in [0.3, 0.4) is 0 Å². The first-order valence-corrected chi connectivity index (χ1v) is 28.2. The molecule has 70 heavy (non-hydrogen) atoms. The van der Waals surface area contributed by atoms with Crippen LogP contribution in [0.1, 0.15) is 181 Å². The number of phosphoric ester groups is 1. The molecule has 6 N–H and O–H groups in total. The highest BCUT2D eigenvalue weighted by Gasteiger charge is 2.51. The van der Waals surface area contributed by atoms with E-state index in [1.165, 1.54) is 57.8 Å². The second-order valence-corrected chi connectivity index (χ2v) is 19.4. The summed E-state index contributed by atoms with van der Waals surface area (Å²) in [6, 6.07) is 0. The van der Waals surface area contributed by atoms with Gasteiger partial charge in [-0.1, -0.05) is 187 Å². The second kappa shape index (κ2) is 45.8. The maximum absolute atomic E-state index is 12.9. The number of ether oxygens (including phenoxy) is 2. The predicted molar refractivity (Wildman–Crippen MR) is 285 cm³/mol. The molecule has 0 amide bonds. The molecule has 6 unspecified atom stereocenters. The average Bonchev–Trinajstić information content (AvgIpc) is 3.35. The first-order chi connectivity index (χ1) is 34.0. The van der Waals surface area contributed by atoms with Gasteiger partial charge in [0.25, 0.3) is 0 Å². The molecule has 400 valence electrons. The van der Waals surface area contributed by atoms with Crippen LogP contribution in [0.2, 0.25) is 0 Å². The van der Waals surface area contributed by atoms with Crippen molar-refractivity contribution < 1.29 is 58.3 Å². The van der Waals surface area contributed by atoms with Crippen LogP contribution in [-0.4, -0.2) is 98.9 Å². The monoisotopic (exact) mass is 1000 g/mol. The van der Waals surface area contributed by atoms with E-state index in [1.54, 1.807) is 0 Å². The Morgan fingerprint density at radius 3 is 1.29 bits per heavy atom. The van der Waals surface area contributed by atoms with E-state index in [9.17, 15) is 39.8 Å². The molecule has 0 aliphatic heterocycles. The maximum Gasteiger partial charge on any atom is 0.472 e. The van der Waals surface area contributed by atoms with Gasteiger partial charge in [-0.25, -0.2) is 4.57 Å². The van der Waals surface area contributed by atoms with E-state index >= 15 is 0 Å². The third-order valence-electron chi connectivity index (χ3n) is 11.6. The zero-order valence-electron chi connectivity index (χ0n) is 43.0. The molecule has 12 nitrogen and oxygen atoms in total. The van der Waals surface area contributed by atoms with E-state index in [-0.39, 0.29) is 13.0 Å². The molecule has 1 saturated carbocycles. The third kappa shape index (κ3) is 36.8. The van der Waals surface area contributed by atoms with Gasteiger partial charge in [0, 0.05) is 13.0 Å². The van der Waals surface area contributed by atoms with Gasteiger partial charge in [-0.2, -0.15) is 0 Å². The standard InChI is InChI=1S/C57H95O12P/c1-3-5-7-9-11-13-15-17-19-21-23-25-26-27-28-30-32-34-36-38-40-42-44-46-51(58)68-50(49-67-70(64,65)69-57-55(62)53(60)52(59)54(61)56(57)63)48-66-47-45-43-41-39-37-35-33-31-29-24-22-20-18-16-14-12-10-8-6-4-2/h6,8,12,14-15,17-18,20-21,23-24,26-27,29,33,35,39,41,50,52-57,59-63H,3-5,7,9-11,13,16,19,22,25,28,30-32,34,36-38,40,42-49H2,1-2H3,(H,64,65)/b8-6-,14-12-,17-15-,20-18-,23-21-,27-26-,29-24-,35-33-,41-39-. The normalized spacial score (nSPS) is 21.8. The SMILES string of the molecule is CC/C=C\C/C=C\C/C=C\C/C=C\C/C=C\C/C=C\CCCOCC(COP(=O)(O)OC1C(O)C(O)C(O)C(O)C1O)OC(=O)CCCCCCCCCC/C=C\C/C=C\C/C=C\CCCCCCC. The van der Waals surface area contributed by atoms with Gasteiger partial charge in [0.05, 0.1) is 13.2 Å². The molecule has 0 heterocycles. The molecule has 1 aliphatic rings. The van der Waals surface area contributed by atoms with Gasteiger partial charge in [0.1, 0.15) is 42.7 Å². The lowest BCUT2D eigenvalue weighted by Crippen LogP contribution is -2.64. The zero-order valence-corrected chi connectivity index (χ0v) is 43.9. The van der Waals surface area contributed by atoms with Crippen molar-refractivity contribution >= 4 is 13.8 Å². The Labute approximate surface area is 423 Å². The summed E-state index contributed by atoms with van der Waals surface area (Å²) in [6.45, 7) is 3.98. The molecule has 0 aromatic rings. The van der Waals surface area contributed by atoms with E-state index in [0.717, 1.165) is 89.9 Å². The number of aliphatic hydroxyl groups excluding tert-OH is 5. The fraction of sp³-hybridized carbons (Fsp3) is 0.667. The van der Waals surface area contributed by atoms with Crippen molar-refractivity contribution in [3.05, 3.63) is 109 Å².